The molecule has 0 rings (SSSR count). The lowest BCUT2D eigenvalue weighted by Gasteiger charge is -2.00. The Bertz CT molecular complexity index is 95.6. The van der Waals surface area contributed by atoms with Gasteiger partial charge in [-0.15, -0.1) is 0 Å². The van der Waals surface area contributed by atoms with Gasteiger partial charge in [0.05, 0.1) is 0 Å². The minimum atomic E-state index is 0.157. The van der Waals surface area contributed by atoms with Crippen molar-refractivity contribution in [2.45, 2.75) is 26.2 Å². The summed E-state index contributed by atoms with van der Waals surface area (Å²) in [7, 11) is 0. The van der Waals surface area contributed by atoms with Gasteiger partial charge in [-0.25, -0.2) is 0 Å². The summed E-state index contributed by atoms with van der Waals surface area (Å²) >= 11 is 4.02. The van der Waals surface area contributed by atoms with Crippen LogP contribution < -0.4 is 5.32 Å². The molecule has 0 unspecified atom stereocenters. The van der Waals surface area contributed by atoms with E-state index in [0.29, 0.717) is 6.42 Å². The van der Waals surface area contributed by atoms with Crippen molar-refractivity contribution < 1.29 is 4.79 Å². The molecule has 0 atom stereocenters. The van der Waals surface area contributed by atoms with Crippen LogP contribution in [0.4, 0.5) is 0 Å². The van der Waals surface area contributed by atoms with Crippen LogP contribution in [0.1, 0.15) is 26.2 Å². The molecule has 0 aromatic rings. The fraction of sp³-hybridized carbons (Fsp3) is 0.857. The van der Waals surface area contributed by atoms with Gasteiger partial charge >= 0.3 is 0 Å². The first-order valence-corrected chi connectivity index (χ1v) is 4.32. The molecule has 0 aliphatic carbocycles. The third-order valence-electron chi connectivity index (χ3n) is 1.13. The Morgan fingerprint density at radius 3 is 2.80 bits per heavy atom. The van der Waals surface area contributed by atoms with Gasteiger partial charge in [0.15, 0.2) is 0 Å². The third kappa shape index (κ3) is 5.95. The summed E-state index contributed by atoms with van der Waals surface area (Å²) in [4.78, 5) is 10.8. The van der Waals surface area contributed by atoms with E-state index >= 15 is 0 Å². The zero-order chi connectivity index (χ0) is 7.82. The summed E-state index contributed by atoms with van der Waals surface area (Å²) in [6, 6.07) is 0. The SMILES string of the molecule is CCCC(=O)NCCCS. The zero-order valence-corrected chi connectivity index (χ0v) is 7.29. The molecule has 0 aromatic carbocycles. The van der Waals surface area contributed by atoms with Crippen molar-refractivity contribution in [1.82, 2.24) is 5.32 Å². The lowest BCUT2D eigenvalue weighted by atomic mass is 10.3. The van der Waals surface area contributed by atoms with Crippen LogP contribution in [0, 0.1) is 0 Å². The molecule has 0 heterocycles. The Labute approximate surface area is 67.8 Å². The number of hydrogen-bond acceptors (Lipinski definition) is 2. The Kier molecular flexibility index (Phi) is 6.81. The van der Waals surface area contributed by atoms with Crippen LogP contribution in [0.15, 0.2) is 0 Å². The van der Waals surface area contributed by atoms with Gasteiger partial charge in [-0.2, -0.15) is 12.6 Å². The summed E-state index contributed by atoms with van der Waals surface area (Å²) in [6.07, 6.45) is 2.53. The highest BCUT2D eigenvalue weighted by Crippen LogP contribution is 1.86. The van der Waals surface area contributed by atoms with Crippen LogP contribution >= 0.6 is 12.6 Å². The van der Waals surface area contributed by atoms with Gasteiger partial charge in [0.2, 0.25) is 5.91 Å². The molecule has 2 nitrogen and oxygen atoms in total. The van der Waals surface area contributed by atoms with Crippen LogP contribution in [0.25, 0.3) is 0 Å². The van der Waals surface area contributed by atoms with Crippen molar-refractivity contribution in [3.05, 3.63) is 0 Å². The quantitative estimate of drug-likeness (QED) is 0.461. The molecule has 0 radical (unpaired) electrons. The summed E-state index contributed by atoms with van der Waals surface area (Å²) in [5.74, 6) is 0.996. The van der Waals surface area contributed by atoms with Crippen LogP contribution in [0.5, 0.6) is 0 Å². The van der Waals surface area contributed by atoms with E-state index in [1.54, 1.807) is 0 Å². The van der Waals surface area contributed by atoms with Gasteiger partial charge in [-0.3, -0.25) is 4.79 Å². The molecule has 0 saturated heterocycles. The van der Waals surface area contributed by atoms with Gasteiger partial charge < -0.3 is 5.32 Å². The second kappa shape index (κ2) is 6.93. The standard InChI is InChI=1S/C7H15NOS/c1-2-4-7(9)8-5-3-6-10/h10H,2-6H2,1H3,(H,8,9). The zero-order valence-electron chi connectivity index (χ0n) is 6.39. The second-order valence-corrected chi connectivity index (χ2v) is 2.62. The van der Waals surface area contributed by atoms with Gasteiger partial charge in [0.25, 0.3) is 0 Å². The van der Waals surface area contributed by atoms with E-state index in [9.17, 15) is 4.79 Å². The minimum Gasteiger partial charge on any atom is -0.356 e. The number of carbonyl (C=O) groups excluding carboxylic acids is 1. The Morgan fingerprint density at radius 1 is 1.60 bits per heavy atom. The molecule has 60 valence electrons. The smallest absolute Gasteiger partial charge is 0.219 e. The number of amides is 1. The highest BCUT2D eigenvalue weighted by molar-refractivity contribution is 7.80. The topological polar surface area (TPSA) is 29.1 Å². The van der Waals surface area contributed by atoms with Crippen molar-refractivity contribution in [2.75, 3.05) is 12.3 Å². The lowest BCUT2D eigenvalue weighted by Crippen LogP contribution is -2.23. The maximum Gasteiger partial charge on any atom is 0.219 e. The Hall–Kier alpha value is -0.180. The molecule has 1 N–H and O–H groups in total. The van der Waals surface area contributed by atoms with Crippen molar-refractivity contribution in [3.8, 4) is 0 Å². The number of thiol groups is 1. The van der Waals surface area contributed by atoms with Crippen LogP contribution in [0.2, 0.25) is 0 Å². The largest absolute Gasteiger partial charge is 0.356 e. The molecule has 0 saturated carbocycles. The van der Waals surface area contributed by atoms with Gasteiger partial charge in [0.1, 0.15) is 0 Å². The Morgan fingerprint density at radius 2 is 2.30 bits per heavy atom. The van der Waals surface area contributed by atoms with Gasteiger partial charge in [-0.1, -0.05) is 6.92 Å². The first-order chi connectivity index (χ1) is 4.81. The van der Waals surface area contributed by atoms with Crippen molar-refractivity contribution in [2.24, 2.45) is 0 Å². The first kappa shape index (κ1) is 9.82. The van der Waals surface area contributed by atoms with E-state index in [1.165, 1.54) is 0 Å². The average molecular weight is 161 g/mol. The molecule has 0 aliphatic heterocycles. The molecule has 1 amide bonds. The summed E-state index contributed by atoms with van der Waals surface area (Å²) in [5, 5.41) is 2.80. The molecular formula is C7H15NOS. The van der Waals surface area contributed by atoms with Crippen molar-refractivity contribution >= 4 is 18.5 Å². The molecule has 0 fully saturated rings. The van der Waals surface area contributed by atoms with E-state index < -0.39 is 0 Å². The predicted octanol–water partition coefficient (Wildman–Crippen LogP) is 1.22. The van der Waals surface area contributed by atoms with E-state index in [4.69, 9.17) is 0 Å². The van der Waals surface area contributed by atoms with E-state index in [1.807, 2.05) is 6.92 Å². The first-order valence-electron chi connectivity index (χ1n) is 3.68. The minimum absolute atomic E-state index is 0.157. The summed E-state index contributed by atoms with van der Waals surface area (Å²) in [5.41, 5.74) is 0. The molecule has 0 aliphatic rings. The third-order valence-corrected chi connectivity index (χ3v) is 1.45. The van der Waals surface area contributed by atoms with E-state index in [-0.39, 0.29) is 5.91 Å². The van der Waals surface area contributed by atoms with Crippen molar-refractivity contribution in [1.29, 1.82) is 0 Å². The summed E-state index contributed by atoms with van der Waals surface area (Å²) in [6.45, 7) is 2.76. The number of carbonyl (C=O) groups is 1. The average Bonchev–Trinajstić information content (AvgIpc) is 1.89. The Balaban J connectivity index is 3.05. The molecule has 3 heteroatoms. The van der Waals surface area contributed by atoms with E-state index in [0.717, 1.165) is 25.1 Å². The van der Waals surface area contributed by atoms with Gasteiger partial charge in [0, 0.05) is 13.0 Å². The molecule has 0 spiro atoms. The monoisotopic (exact) mass is 161 g/mol. The van der Waals surface area contributed by atoms with Crippen LogP contribution in [-0.2, 0) is 4.79 Å². The molecule has 10 heavy (non-hydrogen) atoms. The van der Waals surface area contributed by atoms with Crippen LogP contribution in [-0.4, -0.2) is 18.2 Å². The van der Waals surface area contributed by atoms with E-state index in [2.05, 4.69) is 17.9 Å². The maximum atomic E-state index is 10.8. The maximum absolute atomic E-state index is 10.8. The lowest BCUT2D eigenvalue weighted by molar-refractivity contribution is -0.121. The van der Waals surface area contributed by atoms with Crippen molar-refractivity contribution in [3.63, 3.8) is 0 Å². The molecule has 0 aromatic heterocycles. The number of nitrogens with one attached hydrogen (secondary N) is 1. The fourth-order valence-corrected chi connectivity index (χ4v) is 0.780. The highest BCUT2D eigenvalue weighted by Gasteiger charge is 1.95. The number of hydrogen-bond donors (Lipinski definition) is 2. The second-order valence-electron chi connectivity index (χ2n) is 2.18. The predicted molar refractivity (Wildman–Crippen MR) is 46.4 cm³/mol. The summed E-state index contributed by atoms with van der Waals surface area (Å²) < 4.78 is 0. The molecule has 0 bridgehead atoms. The molecular weight excluding hydrogens is 146 g/mol. The number of rotatable bonds is 5. The normalized spacial score (nSPS) is 9.40. The van der Waals surface area contributed by atoms with Gasteiger partial charge in [-0.05, 0) is 18.6 Å². The highest BCUT2D eigenvalue weighted by atomic mass is 32.1. The van der Waals surface area contributed by atoms with Crippen LogP contribution in [0.3, 0.4) is 0 Å². The fourth-order valence-electron chi connectivity index (χ4n) is 0.622.